The predicted octanol–water partition coefficient (Wildman–Crippen LogP) is 3.68. The van der Waals surface area contributed by atoms with Crippen LogP contribution in [0, 0.1) is 52.8 Å². The van der Waals surface area contributed by atoms with E-state index in [2.05, 4.69) is 25.7 Å². The van der Waals surface area contributed by atoms with Crippen LogP contribution in [0.4, 0.5) is 0 Å². The van der Waals surface area contributed by atoms with Gasteiger partial charge in [0.2, 0.25) is 0 Å². The maximum atomic E-state index is 11.8. The second kappa shape index (κ2) is 7.17. The third-order valence-electron chi connectivity index (χ3n) is 12.0. The first-order valence-corrected chi connectivity index (χ1v) is 13.5. The fourth-order valence-electron chi connectivity index (χ4n) is 10.6. The Morgan fingerprint density at radius 1 is 0.742 bits per heavy atom. The van der Waals surface area contributed by atoms with Gasteiger partial charge < -0.3 is 15.3 Å². The van der Waals surface area contributed by atoms with Crippen molar-refractivity contribution in [3.05, 3.63) is 0 Å². The van der Waals surface area contributed by atoms with E-state index in [1.165, 1.54) is 32.2 Å². The Bertz CT molecular complexity index is 711. The summed E-state index contributed by atoms with van der Waals surface area (Å²) in [4.78, 5) is 2.68. The van der Waals surface area contributed by atoms with Crippen LogP contribution >= 0.6 is 0 Å². The summed E-state index contributed by atoms with van der Waals surface area (Å²) < 4.78 is 0. The van der Waals surface area contributed by atoms with Crippen molar-refractivity contribution < 1.29 is 15.3 Å². The van der Waals surface area contributed by atoms with Gasteiger partial charge in [-0.25, -0.2) is 0 Å². The van der Waals surface area contributed by atoms with Gasteiger partial charge in [-0.15, -0.1) is 0 Å². The Labute approximate surface area is 188 Å². The Morgan fingerprint density at radius 3 is 2.35 bits per heavy atom. The van der Waals surface area contributed by atoms with Crippen molar-refractivity contribution in [2.24, 2.45) is 52.8 Å². The molecule has 2 saturated heterocycles. The molecule has 4 aliphatic carbocycles. The zero-order chi connectivity index (χ0) is 21.7. The SMILES string of the molecule is C[C@@H]1CC[C@@H]2N(C1)C[C@H]1[C@@H]3C[C@H]4[C@@H](C[C@H](O)[C@H]5C[C@@H](O)CC[C@@]54C)[C@H]3CC[C@@H]1[C@]2(C)O. The number of hydrogen-bond acceptors (Lipinski definition) is 4. The summed E-state index contributed by atoms with van der Waals surface area (Å²) in [6.45, 7) is 9.36. The molecule has 6 rings (SSSR count). The molecule has 13 atom stereocenters. The van der Waals surface area contributed by atoms with Gasteiger partial charge in [0.15, 0.2) is 0 Å². The fraction of sp³-hybridized carbons (Fsp3) is 1.00. The highest BCUT2D eigenvalue weighted by molar-refractivity contribution is 5.14. The molecule has 6 aliphatic rings. The summed E-state index contributed by atoms with van der Waals surface area (Å²) >= 11 is 0. The number of aliphatic hydroxyl groups excluding tert-OH is 2. The van der Waals surface area contributed by atoms with E-state index in [0.717, 1.165) is 50.5 Å². The third kappa shape index (κ3) is 3.00. The molecule has 4 nitrogen and oxygen atoms in total. The molecule has 31 heavy (non-hydrogen) atoms. The van der Waals surface area contributed by atoms with E-state index in [1.807, 2.05) is 0 Å². The van der Waals surface area contributed by atoms with E-state index in [-0.39, 0.29) is 23.5 Å². The van der Waals surface area contributed by atoms with Crippen molar-refractivity contribution in [3.63, 3.8) is 0 Å². The minimum Gasteiger partial charge on any atom is -0.393 e. The molecule has 4 heteroatoms. The van der Waals surface area contributed by atoms with Crippen LogP contribution in [-0.4, -0.2) is 57.2 Å². The smallest absolute Gasteiger partial charge is 0.0805 e. The molecule has 2 heterocycles. The first-order chi connectivity index (χ1) is 14.7. The van der Waals surface area contributed by atoms with E-state index < -0.39 is 5.60 Å². The summed E-state index contributed by atoms with van der Waals surface area (Å²) in [6.07, 6.45) is 9.43. The maximum absolute atomic E-state index is 11.8. The van der Waals surface area contributed by atoms with Crippen LogP contribution in [0.5, 0.6) is 0 Å². The quantitative estimate of drug-likeness (QED) is 0.547. The van der Waals surface area contributed by atoms with E-state index in [9.17, 15) is 15.3 Å². The van der Waals surface area contributed by atoms with E-state index in [1.54, 1.807) is 0 Å². The molecule has 0 aromatic carbocycles. The van der Waals surface area contributed by atoms with Crippen molar-refractivity contribution in [2.45, 2.75) is 102 Å². The largest absolute Gasteiger partial charge is 0.393 e. The molecular weight excluding hydrogens is 386 g/mol. The Hall–Kier alpha value is -0.160. The number of aliphatic hydroxyl groups is 3. The lowest BCUT2D eigenvalue weighted by atomic mass is 9.51. The summed E-state index contributed by atoms with van der Waals surface area (Å²) in [5.74, 6) is 4.89. The van der Waals surface area contributed by atoms with Crippen LogP contribution in [0.25, 0.3) is 0 Å². The van der Waals surface area contributed by atoms with Gasteiger partial charge in [0, 0.05) is 19.1 Å². The molecule has 176 valence electrons. The molecule has 0 aromatic heterocycles. The van der Waals surface area contributed by atoms with Crippen LogP contribution < -0.4 is 0 Å². The van der Waals surface area contributed by atoms with Crippen LogP contribution in [-0.2, 0) is 0 Å². The highest BCUT2D eigenvalue weighted by Crippen LogP contribution is 2.67. The highest BCUT2D eigenvalue weighted by atomic mass is 16.3. The second-order valence-electron chi connectivity index (χ2n) is 13.4. The molecule has 0 spiro atoms. The average Bonchev–Trinajstić information content (AvgIpc) is 3.09. The Kier molecular flexibility index (Phi) is 4.94. The van der Waals surface area contributed by atoms with Gasteiger partial charge in [-0.05, 0) is 117 Å². The fourth-order valence-corrected chi connectivity index (χ4v) is 10.6. The van der Waals surface area contributed by atoms with Crippen LogP contribution in [0.15, 0.2) is 0 Å². The molecule has 3 N–H and O–H groups in total. The second-order valence-corrected chi connectivity index (χ2v) is 13.4. The van der Waals surface area contributed by atoms with Crippen molar-refractivity contribution in [3.8, 4) is 0 Å². The zero-order valence-electron chi connectivity index (χ0n) is 19.9. The monoisotopic (exact) mass is 431 g/mol. The Balaban J connectivity index is 1.30. The number of nitrogens with zero attached hydrogens (tertiary/aromatic N) is 1. The number of piperidine rings is 2. The number of hydrogen-bond donors (Lipinski definition) is 3. The van der Waals surface area contributed by atoms with E-state index >= 15 is 0 Å². The van der Waals surface area contributed by atoms with Crippen LogP contribution in [0.1, 0.15) is 78.6 Å². The minimum absolute atomic E-state index is 0.188. The predicted molar refractivity (Wildman–Crippen MR) is 121 cm³/mol. The molecule has 4 saturated carbocycles. The summed E-state index contributed by atoms with van der Waals surface area (Å²) in [5, 5.41) is 33.3. The normalized spacial score (nSPS) is 61.5. The van der Waals surface area contributed by atoms with Gasteiger partial charge in [0.05, 0.1) is 17.8 Å². The summed E-state index contributed by atoms with van der Waals surface area (Å²) in [5.41, 5.74) is -0.365. The topological polar surface area (TPSA) is 63.9 Å². The third-order valence-corrected chi connectivity index (χ3v) is 12.0. The van der Waals surface area contributed by atoms with Gasteiger partial charge in [0.25, 0.3) is 0 Å². The molecule has 0 unspecified atom stereocenters. The minimum atomic E-state index is -0.553. The lowest BCUT2D eigenvalue weighted by Gasteiger charge is -2.60. The molecular formula is C27H45NO3. The average molecular weight is 432 g/mol. The molecule has 0 radical (unpaired) electrons. The van der Waals surface area contributed by atoms with Gasteiger partial charge in [-0.2, -0.15) is 0 Å². The van der Waals surface area contributed by atoms with Gasteiger partial charge >= 0.3 is 0 Å². The van der Waals surface area contributed by atoms with Crippen molar-refractivity contribution >= 4 is 0 Å². The lowest BCUT2D eigenvalue weighted by Crippen LogP contribution is -2.67. The Morgan fingerprint density at radius 2 is 1.55 bits per heavy atom. The number of fused-ring (bicyclic) bond motifs is 8. The van der Waals surface area contributed by atoms with Crippen LogP contribution in [0.3, 0.4) is 0 Å². The molecule has 0 aromatic rings. The first kappa shape index (κ1) is 21.4. The van der Waals surface area contributed by atoms with Crippen LogP contribution in [0.2, 0.25) is 0 Å². The van der Waals surface area contributed by atoms with Gasteiger partial charge in [-0.3, -0.25) is 4.90 Å². The zero-order valence-corrected chi connectivity index (χ0v) is 19.9. The van der Waals surface area contributed by atoms with Crippen molar-refractivity contribution in [1.82, 2.24) is 4.90 Å². The first-order valence-electron chi connectivity index (χ1n) is 13.5. The molecule has 0 bridgehead atoms. The van der Waals surface area contributed by atoms with Crippen molar-refractivity contribution in [2.75, 3.05) is 13.1 Å². The molecule has 6 fully saturated rings. The van der Waals surface area contributed by atoms with Gasteiger partial charge in [-0.1, -0.05) is 13.8 Å². The molecule has 2 aliphatic heterocycles. The lowest BCUT2D eigenvalue weighted by molar-refractivity contribution is -0.176. The standard InChI is InChI=1S/C27H45NO3/c1-15-4-7-25-27(3,31)21-6-5-17-18(20(21)14-28(25)13-15)11-22-19(17)12-24(30)23-10-16(29)8-9-26(22,23)2/h15-25,29-31H,4-14H2,1-3H3/t15-,16+,17+,18-,19+,20+,21+,22+,23-,24+,25+,26-,27+/m1/s1. The van der Waals surface area contributed by atoms with E-state index in [4.69, 9.17) is 0 Å². The van der Waals surface area contributed by atoms with E-state index in [0.29, 0.717) is 35.6 Å². The summed E-state index contributed by atoms with van der Waals surface area (Å²) in [7, 11) is 0. The molecule has 0 amide bonds. The van der Waals surface area contributed by atoms with Crippen molar-refractivity contribution in [1.29, 1.82) is 0 Å². The summed E-state index contributed by atoms with van der Waals surface area (Å²) in [6, 6.07) is 0.355. The van der Waals surface area contributed by atoms with Gasteiger partial charge in [0.1, 0.15) is 0 Å². The highest BCUT2D eigenvalue weighted by Gasteiger charge is 2.64. The number of rotatable bonds is 0. The maximum Gasteiger partial charge on any atom is 0.0805 e.